The van der Waals surface area contributed by atoms with Crippen molar-refractivity contribution in [1.82, 2.24) is 5.32 Å². The van der Waals surface area contributed by atoms with Gasteiger partial charge in [-0.3, -0.25) is 0 Å². The van der Waals surface area contributed by atoms with E-state index in [9.17, 15) is 31.1 Å². The van der Waals surface area contributed by atoms with Crippen LogP contribution in [-0.4, -0.2) is 30.9 Å². The van der Waals surface area contributed by atoms with Crippen LogP contribution in [0.25, 0.3) is 0 Å². The van der Waals surface area contributed by atoms with Crippen LogP contribution < -0.4 is 24.8 Å². The first-order valence-electron chi connectivity index (χ1n) is 9.41. The van der Waals surface area contributed by atoms with Crippen LogP contribution in [0.2, 0.25) is 0 Å². The topological polar surface area (TPSA) is 68.8 Å². The summed E-state index contributed by atoms with van der Waals surface area (Å²) in [5.74, 6) is -0.468. The zero-order valence-corrected chi connectivity index (χ0v) is 16.3. The smallest absolute Gasteiger partial charge is 0.490 e. The van der Waals surface area contributed by atoms with Crippen molar-refractivity contribution in [3.05, 3.63) is 48.5 Å². The molecule has 0 saturated heterocycles. The molecule has 0 aliphatic heterocycles. The van der Waals surface area contributed by atoms with Crippen molar-refractivity contribution in [2.45, 2.75) is 44.1 Å². The number of ether oxygens (including phenoxy) is 3. The van der Waals surface area contributed by atoms with E-state index in [1.807, 2.05) is 0 Å². The summed E-state index contributed by atoms with van der Waals surface area (Å²) < 4.78 is 86.8. The Labute approximate surface area is 178 Å². The molecule has 1 fully saturated rings. The summed E-state index contributed by atoms with van der Waals surface area (Å²) in [6, 6.07) is 8.99. The van der Waals surface area contributed by atoms with Gasteiger partial charge in [0.25, 0.3) is 0 Å². The summed E-state index contributed by atoms with van der Waals surface area (Å²) in [6.07, 6.45) is -8.25. The molecule has 2 aromatic carbocycles. The van der Waals surface area contributed by atoms with Crippen LogP contribution in [0.5, 0.6) is 17.2 Å². The number of amides is 2. The van der Waals surface area contributed by atoms with Gasteiger partial charge in [-0.25, -0.2) is 4.79 Å². The number of rotatable bonds is 6. The van der Waals surface area contributed by atoms with Gasteiger partial charge in [0.2, 0.25) is 0 Å². The molecule has 2 aromatic rings. The lowest BCUT2D eigenvalue weighted by Gasteiger charge is -2.16. The summed E-state index contributed by atoms with van der Waals surface area (Å²) in [5, 5.41) is 5.15. The zero-order chi connectivity index (χ0) is 23.4. The number of carbonyl (C=O) groups is 1. The average Bonchev–Trinajstić information content (AvgIpc) is 3.07. The summed E-state index contributed by atoms with van der Waals surface area (Å²) in [4.78, 5) is 12.1. The molecule has 2 amide bonds. The van der Waals surface area contributed by atoms with Crippen molar-refractivity contribution in [3.63, 3.8) is 0 Å². The molecule has 0 heterocycles. The van der Waals surface area contributed by atoms with E-state index in [2.05, 4.69) is 20.1 Å². The van der Waals surface area contributed by atoms with E-state index in [0.29, 0.717) is 25.0 Å². The maximum atomic E-state index is 12.3. The molecule has 2 N–H and O–H groups in total. The quantitative estimate of drug-likeness (QED) is 0.546. The Bertz CT molecular complexity index is 918. The van der Waals surface area contributed by atoms with E-state index >= 15 is 0 Å². The van der Waals surface area contributed by atoms with Gasteiger partial charge in [-0.15, -0.1) is 26.3 Å². The summed E-state index contributed by atoms with van der Waals surface area (Å²) in [6.45, 7) is 0. The third-order valence-corrected chi connectivity index (χ3v) is 4.41. The van der Waals surface area contributed by atoms with Crippen LogP contribution >= 0.6 is 0 Å². The maximum absolute atomic E-state index is 12.3. The molecule has 174 valence electrons. The van der Waals surface area contributed by atoms with Crippen molar-refractivity contribution in [3.8, 4) is 17.2 Å². The fraction of sp³-hybridized carbons (Fsp3) is 0.350. The van der Waals surface area contributed by atoms with E-state index < -0.39 is 24.5 Å². The standard InChI is InChI=1S/C20H18F6N2O4/c21-19(22,23)31-15-8-6-14(7-9-15)30-16-5-4-13(10-16)28-18(29)27-12-2-1-3-17(11-12)32-20(24,25)26/h1-3,6-9,11,13,16H,4-5,10H2,(H2,27,28,29). The largest absolute Gasteiger partial charge is 0.573 e. The Morgan fingerprint density at radius 3 is 2.12 bits per heavy atom. The normalized spacial score (nSPS) is 18.7. The van der Waals surface area contributed by atoms with Gasteiger partial charge in [0.1, 0.15) is 23.4 Å². The highest BCUT2D eigenvalue weighted by Gasteiger charge is 2.32. The number of urea groups is 1. The molecule has 2 atom stereocenters. The molecule has 1 aliphatic carbocycles. The number of halogens is 6. The molecule has 1 aliphatic rings. The number of hydrogen-bond donors (Lipinski definition) is 2. The van der Waals surface area contributed by atoms with Gasteiger partial charge in [0.05, 0.1) is 0 Å². The van der Waals surface area contributed by atoms with Crippen LogP contribution in [0.15, 0.2) is 48.5 Å². The van der Waals surface area contributed by atoms with E-state index in [-0.39, 0.29) is 23.6 Å². The molecule has 2 unspecified atom stereocenters. The Morgan fingerprint density at radius 1 is 0.844 bits per heavy atom. The molecule has 32 heavy (non-hydrogen) atoms. The first kappa shape index (κ1) is 23.4. The molecule has 12 heteroatoms. The Morgan fingerprint density at radius 2 is 1.47 bits per heavy atom. The lowest BCUT2D eigenvalue weighted by molar-refractivity contribution is -0.275. The van der Waals surface area contributed by atoms with Gasteiger partial charge in [-0.05, 0) is 49.2 Å². The van der Waals surface area contributed by atoms with E-state index in [0.717, 1.165) is 24.3 Å². The zero-order valence-electron chi connectivity index (χ0n) is 16.3. The summed E-state index contributed by atoms with van der Waals surface area (Å²) >= 11 is 0. The fourth-order valence-corrected chi connectivity index (χ4v) is 3.21. The molecular weight excluding hydrogens is 446 g/mol. The Hall–Kier alpha value is -3.31. The van der Waals surface area contributed by atoms with Crippen LogP contribution in [-0.2, 0) is 0 Å². The summed E-state index contributed by atoms with van der Waals surface area (Å²) in [5.41, 5.74) is 0.121. The molecular formula is C20H18F6N2O4. The van der Waals surface area contributed by atoms with Crippen LogP contribution in [0.3, 0.4) is 0 Å². The second-order valence-corrected chi connectivity index (χ2v) is 6.94. The third kappa shape index (κ3) is 7.75. The van der Waals surface area contributed by atoms with Gasteiger partial charge in [0, 0.05) is 24.2 Å². The van der Waals surface area contributed by atoms with Crippen molar-refractivity contribution in [1.29, 1.82) is 0 Å². The Kier molecular flexibility index (Phi) is 6.90. The van der Waals surface area contributed by atoms with E-state index in [4.69, 9.17) is 4.74 Å². The second-order valence-electron chi connectivity index (χ2n) is 6.94. The first-order chi connectivity index (χ1) is 14.9. The minimum Gasteiger partial charge on any atom is -0.490 e. The number of hydrogen-bond acceptors (Lipinski definition) is 4. The number of anilines is 1. The van der Waals surface area contributed by atoms with Gasteiger partial charge in [-0.1, -0.05) is 6.07 Å². The molecule has 0 bridgehead atoms. The number of carbonyl (C=O) groups excluding carboxylic acids is 1. The minimum absolute atomic E-state index is 0.121. The van der Waals surface area contributed by atoms with Gasteiger partial charge >= 0.3 is 18.8 Å². The monoisotopic (exact) mass is 464 g/mol. The first-order valence-corrected chi connectivity index (χ1v) is 9.41. The Balaban J connectivity index is 1.46. The number of nitrogens with one attached hydrogen (secondary N) is 2. The predicted octanol–water partition coefficient (Wildman–Crippen LogP) is 5.61. The minimum atomic E-state index is -4.84. The maximum Gasteiger partial charge on any atom is 0.573 e. The molecule has 3 rings (SSSR count). The number of benzene rings is 2. The SMILES string of the molecule is O=C(Nc1cccc(OC(F)(F)F)c1)NC1CCC(Oc2ccc(OC(F)(F)F)cc2)C1. The second kappa shape index (κ2) is 9.45. The molecule has 0 aromatic heterocycles. The van der Waals surface area contributed by atoms with Gasteiger partial charge in [0.15, 0.2) is 0 Å². The highest BCUT2D eigenvalue weighted by atomic mass is 19.4. The van der Waals surface area contributed by atoms with Crippen molar-refractivity contribution >= 4 is 11.7 Å². The van der Waals surface area contributed by atoms with Crippen LogP contribution in [0.4, 0.5) is 36.8 Å². The van der Waals surface area contributed by atoms with Crippen LogP contribution in [0.1, 0.15) is 19.3 Å². The molecule has 6 nitrogen and oxygen atoms in total. The highest BCUT2D eigenvalue weighted by molar-refractivity contribution is 5.89. The predicted molar refractivity (Wildman–Crippen MR) is 100 cm³/mol. The van der Waals surface area contributed by atoms with Crippen molar-refractivity contribution in [2.75, 3.05) is 5.32 Å². The molecule has 0 spiro atoms. The highest BCUT2D eigenvalue weighted by Crippen LogP contribution is 2.29. The summed E-state index contributed by atoms with van der Waals surface area (Å²) in [7, 11) is 0. The van der Waals surface area contributed by atoms with Crippen molar-refractivity contribution in [2.24, 2.45) is 0 Å². The lowest BCUT2D eigenvalue weighted by Crippen LogP contribution is -2.37. The molecule has 1 saturated carbocycles. The van der Waals surface area contributed by atoms with Crippen molar-refractivity contribution < 1.29 is 45.3 Å². The molecule has 0 radical (unpaired) electrons. The van der Waals surface area contributed by atoms with E-state index in [1.165, 1.54) is 24.3 Å². The number of alkyl halides is 6. The van der Waals surface area contributed by atoms with Crippen LogP contribution in [0, 0.1) is 0 Å². The van der Waals surface area contributed by atoms with Gasteiger partial charge in [-0.2, -0.15) is 0 Å². The average molecular weight is 464 g/mol. The van der Waals surface area contributed by atoms with Gasteiger partial charge < -0.3 is 24.8 Å². The lowest BCUT2D eigenvalue weighted by atomic mass is 10.2. The third-order valence-electron chi connectivity index (χ3n) is 4.41. The fourth-order valence-electron chi connectivity index (χ4n) is 3.21. The van der Waals surface area contributed by atoms with E-state index in [1.54, 1.807) is 0 Å².